The molecule has 0 saturated heterocycles. The van der Waals surface area contributed by atoms with E-state index in [0.717, 1.165) is 28.3 Å². The van der Waals surface area contributed by atoms with E-state index in [2.05, 4.69) is 30.2 Å². The van der Waals surface area contributed by atoms with Gasteiger partial charge in [-0.25, -0.2) is 4.98 Å². The summed E-state index contributed by atoms with van der Waals surface area (Å²) >= 11 is 0. The molecule has 1 N–H and O–H groups in total. The first-order valence-corrected chi connectivity index (χ1v) is 7.92. The molecule has 0 amide bonds. The largest absolute Gasteiger partial charge is 0.496 e. The van der Waals surface area contributed by atoms with Crippen molar-refractivity contribution >= 4 is 16.6 Å². The van der Waals surface area contributed by atoms with Gasteiger partial charge in [0.2, 0.25) is 0 Å². The van der Waals surface area contributed by atoms with E-state index in [1.165, 1.54) is 19.3 Å². The first-order chi connectivity index (χ1) is 10.2. The average Bonchev–Trinajstić information content (AvgIpc) is 2.87. The Balaban J connectivity index is 1.91. The van der Waals surface area contributed by atoms with E-state index < -0.39 is 0 Å². The zero-order valence-electron chi connectivity index (χ0n) is 13.1. The molecule has 3 rings (SSSR count). The number of anilines is 1. The number of rotatable bonds is 4. The van der Waals surface area contributed by atoms with Crippen molar-refractivity contribution in [1.29, 1.82) is 0 Å². The van der Waals surface area contributed by atoms with Crippen LogP contribution in [-0.4, -0.2) is 18.1 Å². The van der Waals surface area contributed by atoms with Gasteiger partial charge < -0.3 is 10.1 Å². The number of hydrogen-bond donors (Lipinski definition) is 1. The molecule has 112 valence electrons. The van der Waals surface area contributed by atoms with Gasteiger partial charge in [0, 0.05) is 23.0 Å². The van der Waals surface area contributed by atoms with Crippen LogP contribution in [0.25, 0.3) is 10.8 Å². The Kier molecular flexibility index (Phi) is 4.00. The fourth-order valence-corrected chi connectivity index (χ4v) is 3.67. The molecule has 0 radical (unpaired) electrons. The molecule has 1 heterocycles. The molecule has 3 unspecified atom stereocenters. The minimum atomic E-state index is 0.527. The summed E-state index contributed by atoms with van der Waals surface area (Å²) < 4.78 is 5.45. The number of aromatic nitrogens is 1. The van der Waals surface area contributed by atoms with Crippen LogP contribution in [0.4, 0.5) is 5.82 Å². The highest BCUT2D eigenvalue weighted by molar-refractivity contribution is 5.95. The Hall–Kier alpha value is -1.77. The standard InChI is InChI=1S/C18H24N2O/c1-4-13-8-9-16(12(13)2)20-18-15-6-5-7-17(21-3)14(15)10-11-19-18/h5-7,10-13,16H,4,8-9H2,1-3H3,(H,19,20). The average molecular weight is 284 g/mol. The predicted octanol–water partition coefficient (Wildman–Crippen LogP) is 4.48. The molecule has 3 heteroatoms. The van der Waals surface area contributed by atoms with Crippen LogP contribution in [0.2, 0.25) is 0 Å². The van der Waals surface area contributed by atoms with Crippen LogP contribution >= 0.6 is 0 Å². The Morgan fingerprint density at radius 3 is 2.81 bits per heavy atom. The normalized spacial score (nSPS) is 25.2. The SMILES string of the molecule is CCC1CCC(Nc2nccc3c(OC)cccc23)C1C. The highest BCUT2D eigenvalue weighted by Crippen LogP contribution is 2.37. The van der Waals surface area contributed by atoms with Crippen molar-refractivity contribution in [2.24, 2.45) is 11.8 Å². The van der Waals surface area contributed by atoms with Gasteiger partial charge in [-0.05, 0) is 36.8 Å². The lowest BCUT2D eigenvalue weighted by Gasteiger charge is -2.22. The van der Waals surface area contributed by atoms with Gasteiger partial charge in [0.1, 0.15) is 11.6 Å². The topological polar surface area (TPSA) is 34.2 Å². The van der Waals surface area contributed by atoms with Gasteiger partial charge >= 0.3 is 0 Å². The summed E-state index contributed by atoms with van der Waals surface area (Å²) in [7, 11) is 1.72. The first-order valence-electron chi connectivity index (χ1n) is 7.92. The fourth-order valence-electron chi connectivity index (χ4n) is 3.67. The van der Waals surface area contributed by atoms with Gasteiger partial charge in [-0.2, -0.15) is 0 Å². The first kappa shape index (κ1) is 14.2. The van der Waals surface area contributed by atoms with E-state index in [-0.39, 0.29) is 0 Å². The zero-order chi connectivity index (χ0) is 14.8. The van der Waals surface area contributed by atoms with Crippen LogP contribution in [0.15, 0.2) is 30.5 Å². The van der Waals surface area contributed by atoms with E-state index in [1.54, 1.807) is 7.11 Å². The number of methoxy groups -OCH3 is 1. The maximum atomic E-state index is 5.45. The fraction of sp³-hybridized carbons (Fsp3) is 0.500. The molecule has 21 heavy (non-hydrogen) atoms. The van der Waals surface area contributed by atoms with Crippen LogP contribution in [0.3, 0.4) is 0 Å². The van der Waals surface area contributed by atoms with Gasteiger partial charge in [0.15, 0.2) is 0 Å². The molecule has 2 aromatic rings. The lowest BCUT2D eigenvalue weighted by atomic mass is 9.93. The van der Waals surface area contributed by atoms with E-state index in [1.807, 2.05) is 24.4 Å². The van der Waals surface area contributed by atoms with Gasteiger partial charge in [0.25, 0.3) is 0 Å². The summed E-state index contributed by atoms with van der Waals surface area (Å²) in [5.74, 6) is 3.44. The van der Waals surface area contributed by atoms with Crippen molar-refractivity contribution in [1.82, 2.24) is 4.98 Å². The van der Waals surface area contributed by atoms with E-state index in [9.17, 15) is 0 Å². The van der Waals surface area contributed by atoms with Gasteiger partial charge in [-0.3, -0.25) is 0 Å². The summed E-state index contributed by atoms with van der Waals surface area (Å²) in [4.78, 5) is 4.56. The molecule has 0 bridgehead atoms. The maximum absolute atomic E-state index is 5.45. The summed E-state index contributed by atoms with van der Waals surface area (Å²) in [6.45, 7) is 4.66. The van der Waals surface area contributed by atoms with E-state index in [4.69, 9.17) is 4.74 Å². The molecule has 3 atom stereocenters. The molecule has 3 nitrogen and oxygen atoms in total. The van der Waals surface area contributed by atoms with Crippen LogP contribution in [-0.2, 0) is 0 Å². The number of ether oxygens (including phenoxy) is 1. The lowest BCUT2D eigenvalue weighted by Crippen LogP contribution is -2.25. The second-order valence-corrected chi connectivity index (χ2v) is 6.07. The molecule has 1 saturated carbocycles. The minimum absolute atomic E-state index is 0.527. The van der Waals surface area contributed by atoms with Gasteiger partial charge in [0.05, 0.1) is 7.11 Å². The second kappa shape index (κ2) is 5.92. The maximum Gasteiger partial charge on any atom is 0.134 e. The van der Waals surface area contributed by atoms with Crippen molar-refractivity contribution in [2.75, 3.05) is 12.4 Å². The van der Waals surface area contributed by atoms with Gasteiger partial charge in [-0.15, -0.1) is 0 Å². The van der Waals surface area contributed by atoms with Crippen molar-refractivity contribution < 1.29 is 4.74 Å². The molecular formula is C18H24N2O. The summed E-state index contributed by atoms with van der Waals surface area (Å²) in [6, 6.07) is 8.69. The predicted molar refractivity (Wildman–Crippen MR) is 87.9 cm³/mol. The molecule has 1 aromatic carbocycles. The highest BCUT2D eigenvalue weighted by atomic mass is 16.5. The molecule has 1 aliphatic rings. The quantitative estimate of drug-likeness (QED) is 0.898. The summed E-state index contributed by atoms with van der Waals surface area (Å²) in [6.07, 6.45) is 5.70. The molecule has 1 fully saturated rings. The third-order valence-corrected chi connectivity index (χ3v) is 5.06. The Bertz CT molecular complexity index is 626. The minimum Gasteiger partial charge on any atom is -0.496 e. The monoisotopic (exact) mass is 284 g/mol. The van der Waals surface area contributed by atoms with E-state index in [0.29, 0.717) is 12.0 Å². The highest BCUT2D eigenvalue weighted by Gasteiger charge is 2.31. The number of fused-ring (bicyclic) bond motifs is 1. The summed E-state index contributed by atoms with van der Waals surface area (Å²) in [5.41, 5.74) is 0. The van der Waals surface area contributed by atoms with Crippen LogP contribution in [0.1, 0.15) is 33.1 Å². The van der Waals surface area contributed by atoms with Crippen molar-refractivity contribution in [3.8, 4) is 5.75 Å². The summed E-state index contributed by atoms with van der Waals surface area (Å²) in [5, 5.41) is 5.95. The Labute approximate surface area is 126 Å². The molecule has 1 aromatic heterocycles. The number of pyridine rings is 1. The smallest absolute Gasteiger partial charge is 0.134 e. The van der Waals surface area contributed by atoms with E-state index >= 15 is 0 Å². The number of hydrogen-bond acceptors (Lipinski definition) is 3. The van der Waals surface area contributed by atoms with Crippen LogP contribution < -0.4 is 10.1 Å². The van der Waals surface area contributed by atoms with Crippen LogP contribution in [0.5, 0.6) is 5.75 Å². The Morgan fingerprint density at radius 1 is 1.24 bits per heavy atom. The number of benzene rings is 1. The van der Waals surface area contributed by atoms with Crippen molar-refractivity contribution in [2.45, 2.75) is 39.2 Å². The third-order valence-electron chi connectivity index (χ3n) is 5.06. The molecule has 1 aliphatic carbocycles. The third kappa shape index (κ3) is 2.57. The molecule has 0 aliphatic heterocycles. The lowest BCUT2D eigenvalue weighted by molar-refractivity contribution is 0.391. The molecular weight excluding hydrogens is 260 g/mol. The Morgan fingerprint density at radius 2 is 2.10 bits per heavy atom. The number of nitrogens with one attached hydrogen (secondary N) is 1. The second-order valence-electron chi connectivity index (χ2n) is 6.07. The van der Waals surface area contributed by atoms with Gasteiger partial charge in [-0.1, -0.05) is 32.4 Å². The molecule has 0 spiro atoms. The van der Waals surface area contributed by atoms with Crippen molar-refractivity contribution in [3.05, 3.63) is 30.5 Å². The van der Waals surface area contributed by atoms with Crippen molar-refractivity contribution in [3.63, 3.8) is 0 Å². The van der Waals surface area contributed by atoms with Crippen LogP contribution in [0, 0.1) is 11.8 Å². The zero-order valence-corrected chi connectivity index (χ0v) is 13.1. The number of nitrogens with zero attached hydrogens (tertiary/aromatic N) is 1.